The quantitative estimate of drug-likeness (QED) is 0.772. The molecule has 19 heavy (non-hydrogen) atoms. The summed E-state index contributed by atoms with van der Waals surface area (Å²) >= 11 is 2.02. The van der Waals surface area contributed by atoms with Crippen LogP contribution in [-0.4, -0.2) is 46.5 Å². The Balaban J connectivity index is 1.51. The molecule has 2 N–H and O–H groups in total. The smallest absolute Gasteiger partial charge is 0.0784 e. The molecule has 4 heteroatoms. The van der Waals surface area contributed by atoms with Gasteiger partial charge >= 0.3 is 0 Å². The van der Waals surface area contributed by atoms with Crippen molar-refractivity contribution in [3.05, 3.63) is 0 Å². The van der Waals surface area contributed by atoms with E-state index in [4.69, 9.17) is 4.74 Å². The van der Waals surface area contributed by atoms with Gasteiger partial charge in [0.05, 0.1) is 11.2 Å². The lowest BCUT2D eigenvalue weighted by molar-refractivity contribution is -0.144. The van der Waals surface area contributed by atoms with Crippen LogP contribution in [0.3, 0.4) is 0 Å². The third-order valence-electron chi connectivity index (χ3n) is 5.85. The number of hydrogen-bond donors (Lipinski definition) is 2. The van der Waals surface area contributed by atoms with Crippen molar-refractivity contribution in [2.24, 2.45) is 5.92 Å². The zero-order chi connectivity index (χ0) is 12.9. The van der Waals surface area contributed by atoms with Gasteiger partial charge in [-0.1, -0.05) is 0 Å². The molecule has 4 aliphatic heterocycles. The third kappa shape index (κ3) is 2.25. The van der Waals surface area contributed by atoms with E-state index in [0.717, 1.165) is 38.0 Å². The summed E-state index contributed by atoms with van der Waals surface area (Å²) < 4.78 is 6.11. The molecule has 0 aromatic rings. The van der Waals surface area contributed by atoms with Gasteiger partial charge in [0.2, 0.25) is 0 Å². The van der Waals surface area contributed by atoms with Crippen LogP contribution in [0.15, 0.2) is 0 Å². The normalized spacial score (nSPS) is 53.8. The summed E-state index contributed by atoms with van der Waals surface area (Å²) in [5.74, 6) is 2.84. The van der Waals surface area contributed by atoms with Gasteiger partial charge < -0.3 is 15.2 Å². The van der Waals surface area contributed by atoms with E-state index in [1.54, 1.807) is 0 Å². The van der Waals surface area contributed by atoms with E-state index >= 15 is 0 Å². The first-order chi connectivity index (χ1) is 9.18. The summed E-state index contributed by atoms with van der Waals surface area (Å²) in [5.41, 5.74) is -0.311. The summed E-state index contributed by atoms with van der Waals surface area (Å²) in [7, 11) is 0. The van der Waals surface area contributed by atoms with E-state index in [1.807, 2.05) is 11.8 Å². The molecule has 0 aromatic heterocycles. The van der Waals surface area contributed by atoms with Crippen molar-refractivity contribution in [1.82, 2.24) is 5.32 Å². The summed E-state index contributed by atoms with van der Waals surface area (Å²) in [6.07, 6.45) is 7.80. The van der Waals surface area contributed by atoms with Crippen LogP contribution in [0.5, 0.6) is 0 Å². The molecule has 4 unspecified atom stereocenters. The summed E-state index contributed by atoms with van der Waals surface area (Å²) in [5, 5.41) is 14.9. The summed E-state index contributed by atoms with van der Waals surface area (Å²) in [6.45, 7) is 0.857. The largest absolute Gasteiger partial charge is 0.389 e. The minimum atomic E-state index is -0.416. The van der Waals surface area contributed by atoms with Gasteiger partial charge in [-0.3, -0.25) is 0 Å². The second-order valence-corrected chi connectivity index (χ2v) is 8.28. The van der Waals surface area contributed by atoms with Gasteiger partial charge in [0.1, 0.15) is 0 Å². The Labute approximate surface area is 119 Å². The van der Waals surface area contributed by atoms with Crippen molar-refractivity contribution < 1.29 is 9.84 Å². The van der Waals surface area contributed by atoms with E-state index < -0.39 is 5.60 Å². The van der Waals surface area contributed by atoms with Crippen molar-refractivity contribution in [3.8, 4) is 0 Å². The number of thioether (sulfide) groups is 1. The first-order valence-corrected chi connectivity index (χ1v) is 9.03. The van der Waals surface area contributed by atoms with Crippen LogP contribution < -0.4 is 5.32 Å². The van der Waals surface area contributed by atoms with E-state index in [1.165, 1.54) is 25.0 Å². The third-order valence-corrected chi connectivity index (χ3v) is 7.08. The SMILES string of the molecule is OC1(C2CCOC3(CCSC3)C2)CC2CCC(C1)N2. The number of ether oxygens (including phenoxy) is 1. The highest BCUT2D eigenvalue weighted by Gasteiger charge is 2.51. The van der Waals surface area contributed by atoms with Crippen LogP contribution in [-0.2, 0) is 4.74 Å². The number of fused-ring (bicyclic) bond motifs is 2. The molecule has 0 radical (unpaired) electrons. The van der Waals surface area contributed by atoms with E-state index in [0.29, 0.717) is 18.0 Å². The lowest BCUT2D eigenvalue weighted by atomic mass is 9.70. The molecule has 0 saturated carbocycles. The maximum absolute atomic E-state index is 11.2. The van der Waals surface area contributed by atoms with E-state index in [-0.39, 0.29) is 5.60 Å². The molecule has 0 amide bonds. The molecule has 4 rings (SSSR count). The number of piperidine rings is 1. The van der Waals surface area contributed by atoms with Crippen molar-refractivity contribution in [3.63, 3.8) is 0 Å². The van der Waals surface area contributed by atoms with Crippen LogP contribution in [0.4, 0.5) is 0 Å². The average molecular weight is 283 g/mol. The average Bonchev–Trinajstić information content (AvgIpc) is 2.97. The van der Waals surface area contributed by atoms with Crippen LogP contribution in [0.25, 0.3) is 0 Å². The molecule has 108 valence electrons. The van der Waals surface area contributed by atoms with Gasteiger partial charge in [-0.05, 0) is 56.6 Å². The van der Waals surface area contributed by atoms with Gasteiger partial charge in [0.15, 0.2) is 0 Å². The lowest BCUT2D eigenvalue weighted by Crippen LogP contribution is -2.56. The first kappa shape index (κ1) is 12.9. The Morgan fingerprint density at radius 1 is 1.11 bits per heavy atom. The molecule has 3 nitrogen and oxygen atoms in total. The Hall–Kier alpha value is 0.230. The zero-order valence-electron chi connectivity index (χ0n) is 11.6. The fourth-order valence-electron chi connectivity index (χ4n) is 4.84. The number of rotatable bonds is 1. The molecule has 4 saturated heterocycles. The van der Waals surface area contributed by atoms with E-state index in [2.05, 4.69) is 5.32 Å². The molecule has 2 bridgehead atoms. The van der Waals surface area contributed by atoms with E-state index in [9.17, 15) is 5.11 Å². The Bertz CT molecular complexity index is 344. The molecule has 4 heterocycles. The van der Waals surface area contributed by atoms with Gasteiger partial charge in [0, 0.05) is 24.4 Å². The van der Waals surface area contributed by atoms with Gasteiger partial charge in [0.25, 0.3) is 0 Å². The number of nitrogens with one attached hydrogen (secondary N) is 1. The standard InChI is InChI=1S/C15H25NO2S/c17-15(8-12-1-2-13(9-15)16-12)11-3-5-18-14(7-11)4-6-19-10-14/h11-13,16-17H,1-10H2. The molecule has 4 aliphatic rings. The topological polar surface area (TPSA) is 41.5 Å². The highest BCUT2D eigenvalue weighted by molar-refractivity contribution is 7.99. The second-order valence-electron chi connectivity index (χ2n) is 7.17. The van der Waals surface area contributed by atoms with Crippen LogP contribution in [0.2, 0.25) is 0 Å². The first-order valence-electron chi connectivity index (χ1n) is 7.88. The number of aliphatic hydroxyl groups is 1. The second kappa shape index (κ2) is 4.62. The molecular weight excluding hydrogens is 258 g/mol. The zero-order valence-corrected chi connectivity index (χ0v) is 12.4. The maximum Gasteiger partial charge on any atom is 0.0784 e. The highest BCUT2D eigenvalue weighted by atomic mass is 32.2. The van der Waals surface area contributed by atoms with Crippen molar-refractivity contribution >= 4 is 11.8 Å². The predicted molar refractivity (Wildman–Crippen MR) is 77.5 cm³/mol. The van der Waals surface area contributed by atoms with Gasteiger partial charge in [-0.2, -0.15) is 11.8 Å². The fraction of sp³-hybridized carbons (Fsp3) is 1.00. The van der Waals surface area contributed by atoms with Crippen molar-refractivity contribution in [2.45, 2.75) is 68.2 Å². The van der Waals surface area contributed by atoms with Crippen LogP contribution in [0, 0.1) is 5.92 Å². The minimum absolute atomic E-state index is 0.104. The summed E-state index contributed by atoms with van der Waals surface area (Å²) in [6, 6.07) is 1.14. The Kier molecular flexibility index (Phi) is 3.14. The lowest BCUT2D eigenvalue weighted by Gasteiger charge is -2.48. The van der Waals surface area contributed by atoms with Crippen molar-refractivity contribution in [1.29, 1.82) is 0 Å². The van der Waals surface area contributed by atoms with Crippen LogP contribution >= 0.6 is 11.8 Å². The molecular formula is C15H25NO2S. The Morgan fingerprint density at radius 2 is 1.89 bits per heavy atom. The predicted octanol–water partition coefficient (Wildman–Crippen LogP) is 1.93. The molecule has 0 aromatic carbocycles. The molecule has 4 fully saturated rings. The maximum atomic E-state index is 11.2. The Morgan fingerprint density at radius 3 is 2.58 bits per heavy atom. The monoisotopic (exact) mass is 283 g/mol. The molecule has 4 atom stereocenters. The highest BCUT2D eigenvalue weighted by Crippen LogP contribution is 2.48. The van der Waals surface area contributed by atoms with Crippen LogP contribution in [0.1, 0.15) is 44.9 Å². The molecule has 0 aliphatic carbocycles. The fourth-order valence-corrected chi connectivity index (χ4v) is 6.22. The van der Waals surface area contributed by atoms with Gasteiger partial charge in [-0.25, -0.2) is 0 Å². The van der Waals surface area contributed by atoms with Gasteiger partial charge in [-0.15, -0.1) is 0 Å². The number of hydrogen-bond acceptors (Lipinski definition) is 4. The minimum Gasteiger partial charge on any atom is -0.389 e. The van der Waals surface area contributed by atoms with Crippen molar-refractivity contribution in [2.75, 3.05) is 18.1 Å². The summed E-state index contributed by atoms with van der Waals surface area (Å²) in [4.78, 5) is 0. The molecule has 1 spiro atoms.